The topological polar surface area (TPSA) is 87.1 Å². The van der Waals surface area contributed by atoms with Crippen LogP contribution in [0.1, 0.15) is 43.6 Å². The minimum atomic E-state index is -0.370. The van der Waals surface area contributed by atoms with Crippen molar-refractivity contribution in [3.8, 4) is 0 Å². The molecule has 3 rings (SSSR count). The van der Waals surface area contributed by atoms with Gasteiger partial charge in [-0.05, 0) is 32.6 Å². The molecule has 7 heteroatoms. The Balaban J connectivity index is 1.55. The van der Waals surface area contributed by atoms with E-state index in [1.54, 1.807) is 0 Å². The average Bonchev–Trinajstić information content (AvgIpc) is 3.12. The van der Waals surface area contributed by atoms with E-state index in [1.165, 1.54) is 11.3 Å². The lowest BCUT2D eigenvalue weighted by Crippen LogP contribution is -2.21. The third-order valence-electron chi connectivity index (χ3n) is 3.55. The van der Waals surface area contributed by atoms with Gasteiger partial charge in [-0.15, -0.1) is 11.3 Å². The average molecular weight is 294 g/mol. The molecule has 0 amide bonds. The van der Waals surface area contributed by atoms with Gasteiger partial charge in [-0.2, -0.15) is 4.98 Å². The second-order valence-corrected chi connectivity index (χ2v) is 6.11. The first-order chi connectivity index (χ1) is 9.66. The van der Waals surface area contributed by atoms with Gasteiger partial charge in [-0.25, -0.2) is 4.98 Å². The van der Waals surface area contributed by atoms with Gasteiger partial charge in [0, 0.05) is 18.4 Å². The number of aromatic nitrogens is 3. The SMILES string of the molecule is CC1(c2noc(CCCc3csc(N)n3)n2)CCCO1. The molecule has 108 valence electrons. The number of nitrogens with zero attached hydrogens (tertiary/aromatic N) is 3. The van der Waals surface area contributed by atoms with Crippen molar-refractivity contribution in [2.24, 2.45) is 0 Å². The lowest BCUT2D eigenvalue weighted by molar-refractivity contribution is 0.00768. The van der Waals surface area contributed by atoms with E-state index in [9.17, 15) is 0 Å². The molecule has 0 spiro atoms. The maximum atomic E-state index is 5.71. The van der Waals surface area contributed by atoms with Crippen LogP contribution in [0.5, 0.6) is 0 Å². The molecule has 1 aliphatic heterocycles. The van der Waals surface area contributed by atoms with E-state index < -0.39 is 0 Å². The summed E-state index contributed by atoms with van der Waals surface area (Å²) in [5.41, 5.74) is 6.26. The number of aryl methyl sites for hydroxylation is 2. The summed E-state index contributed by atoms with van der Waals surface area (Å²) in [5, 5.41) is 6.66. The second-order valence-electron chi connectivity index (χ2n) is 5.23. The van der Waals surface area contributed by atoms with Crippen molar-refractivity contribution in [2.45, 2.75) is 44.6 Å². The first kappa shape index (κ1) is 13.5. The molecule has 0 radical (unpaired) electrons. The van der Waals surface area contributed by atoms with Crippen molar-refractivity contribution in [1.82, 2.24) is 15.1 Å². The number of ether oxygens (including phenoxy) is 1. The highest BCUT2D eigenvalue weighted by molar-refractivity contribution is 7.13. The number of nitrogen functional groups attached to an aromatic ring is 1. The molecule has 3 heterocycles. The molecular weight excluding hydrogens is 276 g/mol. The van der Waals surface area contributed by atoms with Crippen LogP contribution >= 0.6 is 11.3 Å². The fraction of sp³-hybridized carbons (Fsp3) is 0.615. The molecule has 0 saturated carbocycles. The summed E-state index contributed by atoms with van der Waals surface area (Å²) in [6, 6.07) is 0. The van der Waals surface area contributed by atoms with Crippen molar-refractivity contribution in [3.05, 3.63) is 22.8 Å². The molecule has 1 unspecified atom stereocenters. The first-order valence-electron chi connectivity index (χ1n) is 6.83. The summed E-state index contributed by atoms with van der Waals surface area (Å²) in [5.74, 6) is 1.34. The normalized spacial score (nSPS) is 22.4. The molecule has 1 aliphatic rings. The van der Waals surface area contributed by atoms with E-state index in [0.29, 0.717) is 16.8 Å². The highest BCUT2D eigenvalue weighted by atomic mass is 32.1. The Hall–Kier alpha value is -1.47. The van der Waals surface area contributed by atoms with Crippen LogP contribution in [-0.2, 0) is 23.2 Å². The third-order valence-corrected chi connectivity index (χ3v) is 4.28. The van der Waals surface area contributed by atoms with Crippen LogP contribution < -0.4 is 5.73 Å². The Bertz CT molecular complexity index is 574. The van der Waals surface area contributed by atoms with Gasteiger partial charge >= 0.3 is 0 Å². The summed E-state index contributed by atoms with van der Waals surface area (Å²) in [4.78, 5) is 8.69. The molecule has 1 atom stereocenters. The zero-order valence-corrected chi connectivity index (χ0v) is 12.3. The van der Waals surface area contributed by atoms with Gasteiger partial charge in [0.15, 0.2) is 5.13 Å². The van der Waals surface area contributed by atoms with E-state index in [-0.39, 0.29) is 5.60 Å². The number of thiazole rings is 1. The van der Waals surface area contributed by atoms with Crippen LogP contribution in [0.15, 0.2) is 9.90 Å². The second kappa shape index (κ2) is 5.49. The monoisotopic (exact) mass is 294 g/mol. The van der Waals surface area contributed by atoms with Crippen LogP contribution in [0.3, 0.4) is 0 Å². The van der Waals surface area contributed by atoms with Gasteiger partial charge in [0.2, 0.25) is 11.7 Å². The Morgan fingerprint density at radius 1 is 1.40 bits per heavy atom. The molecule has 1 fully saturated rings. The minimum absolute atomic E-state index is 0.370. The minimum Gasteiger partial charge on any atom is -0.375 e. The maximum Gasteiger partial charge on any atom is 0.226 e. The number of nitrogens with two attached hydrogens (primary N) is 1. The van der Waals surface area contributed by atoms with Gasteiger partial charge < -0.3 is 15.0 Å². The van der Waals surface area contributed by atoms with Gasteiger partial charge in [-0.3, -0.25) is 0 Å². The number of hydrogen-bond acceptors (Lipinski definition) is 7. The fourth-order valence-electron chi connectivity index (χ4n) is 2.38. The van der Waals surface area contributed by atoms with Crippen molar-refractivity contribution in [2.75, 3.05) is 12.3 Å². The quantitative estimate of drug-likeness (QED) is 0.910. The summed E-state index contributed by atoms with van der Waals surface area (Å²) in [7, 11) is 0. The first-order valence-corrected chi connectivity index (χ1v) is 7.71. The Morgan fingerprint density at radius 3 is 3.00 bits per heavy atom. The number of anilines is 1. The van der Waals surface area contributed by atoms with E-state index in [0.717, 1.165) is 44.4 Å². The molecule has 0 aromatic carbocycles. The van der Waals surface area contributed by atoms with Crippen LogP contribution in [0.2, 0.25) is 0 Å². The molecule has 2 aromatic heterocycles. The predicted octanol–water partition coefficient (Wildman–Crippen LogP) is 2.31. The lowest BCUT2D eigenvalue weighted by atomic mass is 10.0. The fourth-order valence-corrected chi connectivity index (χ4v) is 2.98. The zero-order valence-electron chi connectivity index (χ0n) is 11.5. The van der Waals surface area contributed by atoms with E-state index in [4.69, 9.17) is 15.0 Å². The molecule has 2 N–H and O–H groups in total. The van der Waals surface area contributed by atoms with Gasteiger partial charge in [-0.1, -0.05) is 5.16 Å². The van der Waals surface area contributed by atoms with Crippen LogP contribution in [0.25, 0.3) is 0 Å². The van der Waals surface area contributed by atoms with Crippen molar-refractivity contribution in [3.63, 3.8) is 0 Å². The lowest BCUT2D eigenvalue weighted by Gasteiger charge is -2.17. The number of hydrogen-bond donors (Lipinski definition) is 1. The summed E-state index contributed by atoms with van der Waals surface area (Å²) >= 11 is 1.47. The van der Waals surface area contributed by atoms with E-state index in [1.807, 2.05) is 12.3 Å². The highest BCUT2D eigenvalue weighted by Crippen LogP contribution is 2.33. The molecular formula is C13H18N4O2S. The van der Waals surface area contributed by atoms with Gasteiger partial charge in [0.1, 0.15) is 5.60 Å². The third kappa shape index (κ3) is 2.83. The largest absolute Gasteiger partial charge is 0.375 e. The molecule has 1 saturated heterocycles. The summed E-state index contributed by atoms with van der Waals surface area (Å²) in [6.07, 6.45) is 4.54. The van der Waals surface area contributed by atoms with E-state index in [2.05, 4.69) is 15.1 Å². The summed E-state index contributed by atoms with van der Waals surface area (Å²) < 4.78 is 11.0. The van der Waals surface area contributed by atoms with Crippen molar-refractivity contribution < 1.29 is 9.26 Å². The van der Waals surface area contributed by atoms with Gasteiger partial charge in [0.05, 0.1) is 5.69 Å². The Labute approximate surface area is 121 Å². The molecule has 6 nitrogen and oxygen atoms in total. The Kier molecular flexibility index (Phi) is 3.71. The van der Waals surface area contributed by atoms with Crippen LogP contribution in [0, 0.1) is 0 Å². The Morgan fingerprint density at radius 2 is 2.30 bits per heavy atom. The standard InChI is InChI=1S/C13H18N4O2S/c1-13(6-3-7-18-13)11-16-10(19-17-11)5-2-4-9-8-20-12(14)15-9/h8H,2-7H2,1H3,(H2,14,15). The molecule has 2 aromatic rings. The number of rotatable bonds is 5. The smallest absolute Gasteiger partial charge is 0.226 e. The van der Waals surface area contributed by atoms with Crippen molar-refractivity contribution in [1.29, 1.82) is 0 Å². The van der Waals surface area contributed by atoms with Crippen LogP contribution in [0.4, 0.5) is 5.13 Å². The zero-order chi connectivity index (χ0) is 14.0. The predicted molar refractivity (Wildman–Crippen MR) is 75.4 cm³/mol. The van der Waals surface area contributed by atoms with Gasteiger partial charge in [0.25, 0.3) is 0 Å². The maximum absolute atomic E-state index is 5.71. The van der Waals surface area contributed by atoms with E-state index >= 15 is 0 Å². The molecule has 0 bridgehead atoms. The van der Waals surface area contributed by atoms with Crippen LogP contribution in [-0.4, -0.2) is 21.7 Å². The molecule has 20 heavy (non-hydrogen) atoms. The highest BCUT2D eigenvalue weighted by Gasteiger charge is 2.36. The summed E-state index contributed by atoms with van der Waals surface area (Å²) in [6.45, 7) is 2.79. The molecule has 0 aliphatic carbocycles. The van der Waals surface area contributed by atoms with Crippen molar-refractivity contribution >= 4 is 16.5 Å².